The van der Waals surface area contributed by atoms with Crippen LogP contribution < -0.4 is 24.8 Å². The van der Waals surface area contributed by atoms with Gasteiger partial charge in [0.25, 0.3) is 5.56 Å². The van der Waals surface area contributed by atoms with Crippen LogP contribution in [0.15, 0.2) is 83.7 Å². The molecule has 10 nitrogen and oxygen atoms in total. The van der Waals surface area contributed by atoms with Gasteiger partial charge in [-0.1, -0.05) is 30.3 Å². The number of nitrogens with one attached hydrogen (secondary N) is 2. The summed E-state index contributed by atoms with van der Waals surface area (Å²) in [6.07, 6.45) is 0. The molecule has 1 atom stereocenters. The third-order valence-corrected chi connectivity index (χ3v) is 7.64. The van der Waals surface area contributed by atoms with Crippen molar-refractivity contribution in [1.29, 1.82) is 0 Å². The van der Waals surface area contributed by atoms with Crippen LogP contribution in [0.4, 0.5) is 5.69 Å². The summed E-state index contributed by atoms with van der Waals surface area (Å²) in [6, 6.07) is 25.5. The lowest BCUT2D eigenvalue weighted by Gasteiger charge is -2.37. The number of para-hydroxylation sites is 1. The van der Waals surface area contributed by atoms with Crippen molar-refractivity contribution in [3.05, 3.63) is 106 Å². The van der Waals surface area contributed by atoms with Crippen molar-refractivity contribution in [2.45, 2.75) is 12.6 Å². The first-order valence-electron chi connectivity index (χ1n) is 13.4. The van der Waals surface area contributed by atoms with E-state index in [0.717, 1.165) is 54.1 Å². The maximum absolute atomic E-state index is 13.6. The van der Waals surface area contributed by atoms with Crippen LogP contribution in [0.3, 0.4) is 0 Å². The molecule has 5 aromatic rings. The summed E-state index contributed by atoms with van der Waals surface area (Å²) < 4.78 is 12.6. The number of H-pyrrole nitrogens is 1. The van der Waals surface area contributed by atoms with E-state index in [1.165, 1.54) is 10.6 Å². The van der Waals surface area contributed by atoms with Gasteiger partial charge < -0.3 is 24.3 Å². The number of hydrogen-bond acceptors (Lipinski definition) is 7. The van der Waals surface area contributed by atoms with E-state index in [2.05, 4.69) is 49.7 Å². The number of anilines is 1. The number of rotatable bonds is 8. The first-order valence-corrected chi connectivity index (χ1v) is 13.4. The summed E-state index contributed by atoms with van der Waals surface area (Å²) in [7, 11) is 3.29. The Kier molecular flexibility index (Phi) is 7.15. The van der Waals surface area contributed by atoms with Crippen molar-refractivity contribution in [2.75, 3.05) is 45.3 Å². The Balaban J connectivity index is 1.38. The highest BCUT2D eigenvalue weighted by Gasteiger charge is 2.36. The topological polar surface area (TPSA) is 103 Å². The Morgan fingerprint density at radius 1 is 0.925 bits per heavy atom. The Labute approximate surface area is 231 Å². The molecule has 6 rings (SSSR count). The smallest absolute Gasteiger partial charge is 0.258 e. The molecule has 1 aliphatic rings. The van der Waals surface area contributed by atoms with Crippen LogP contribution in [0.25, 0.3) is 10.9 Å². The average Bonchev–Trinajstić information content (AvgIpc) is 3.46. The van der Waals surface area contributed by atoms with Crippen LogP contribution in [0.1, 0.15) is 23.0 Å². The molecule has 3 aromatic carbocycles. The van der Waals surface area contributed by atoms with Crippen molar-refractivity contribution >= 4 is 16.6 Å². The zero-order chi connectivity index (χ0) is 27.5. The molecule has 2 aromatic heterocycles. The molecule has 3 heterocycles. The molecular weight excluding hydrogens is 506 g/mol. The second-order valence-electron chi connectivity index (χ2n) is 9.96. The molecule has 0 aliphatic carbocycles. The second kappa shape index (κ2) is 11.2. The molecule has 1 fully saturated rings. The maximum atomic E-state index is 13.6. The van der Waals surface area contributed by atoms with E-state index in [1.54, 1.807) is 18.9 Å². The first-order chi connectivity index (χ1) is 19.6. The molecule has 40 heavy (non-hydrogen) atoms. The largest absolute Gasteiger partial charge is 0.497 e. The van der Waals surface area contributed by atoms with Gasteiger partial charge in [0.2, 0.25) is 5.82 Å². The molecule has 2 N–H and O–H groups in total. The zero-order valence-electron chi connectivity index (χ0n) is 22.6. The minimum atomic E-state index is -0.356. The number of tetrazole rings is 1. The summed E-state index contributed by atoms with van der Waals surface area (Å²) >= 11 is 0. The number of nitrogens with zero attached hydrogens (tertiary/aromatic N) is 5. The number of pyridine rings is 1. The highest BCUT2D eigenvalue weighted by molar-refractivity contribution is 5.80. The van der Waals surface area contributed by atoms with Gasteiger partial charge in [0, 0.05) is 16.6 Å². The molecule has 0 spiro atoms. The van der Waals surface area contributed by atoms with Gasteiger partial charge >= 0.3 is 0 Å². The van der Waals surface area contributed by atoms with E-state index in [-0.39, 0.29) is 11.6 Å². The van der Waals surface area contributed by atoms with Crippen LogP contribution >= 0.6 is 0 Å². The summed E-state index contributed by atoms with van der Waals surface area (Å²) in [6.45, 7) is 3.84. The predicted molar refractivity (Wildman–Crippen MR) is 152 cm³/mol. The predicted octanol–water partition coefficient (Wildman–Crippen LogP) is 2.07. The number of methoxy groups -OCH3 is 2. The molecule has 1 aliphatic heterocycles. The van der Waals surface area contributed by atoms with E-state index < -0.39 is 0 Å². The highest BCUT2D eigenvalue weighted by atomic mass is 16.5. The summed E-state index contributed by atoms with van der Waals surface area (Å²) in [5, 5.41) is 13.8. The Morgan fingerprint density at radius 2 is 1.65 bits per heavy atom. The van der Waals surface area contributed by atoms with Crippen LogP contribution in [-0.4, -0.2) is 65.6 Å². The van der Waals surface area contributed by atoms with Gasteiger partial charge in [-0.3, -0.25) is 4.79 Å². The number of ether oxygens (including phenoxy) is 2. The standard InChI is InChI=1S/C30H31N7O3/c1-39-24-10-8-21(9-11-24)20-37-29(32-33-34-37)28(36-16-14-35(15-17-36)23-6-4-3-5-7-23)26-19-22-18-25(40-2)12-13-27(22)31-30(26)38/h3-13,18-19,28H,14-17,20H2,1-2H3,(H,31,38)/p+1. The SMILES string of the molecule is COc1ccc(Cn2nnnc2C(c2cc3cc(OC)ccc3[nH]c2=O)[NH+]2CCN(c3ccccc3)CC2)cc1. The van der Waals surface area contributed by atoms with E-state index in [9.17, 15) is 4.79 Å². The third-order valence-electron chi connectivity index (χ3n) is 7.64. The van der Waals surface area contributed by atoms with E-state index >= 15 is 0 Å². The molecule has 0 radical (unpaired) electrons. The Morgan fingerprint density at radius 3 is 2.38 bits per heavy atom. The molecule has 204 valence electrons. The Hall–Kier alpha value is -4.70. The van der Waals surface area contributed by atoms with E-state index in [0.29, 0.717) is 17.9 Å². The third kappa shape index (κ3) is 5.13. The fraction of sp³-hybridized carbons (Fsp3) is 0.267. The van der Waals surface area contributed by atoms with Crippen molar-refractivity contribution in [3.63, 3.8) is 0 Å². The number of hydrogen-bond donors (Lipinski definition) is 2. The summed E-state index contributed by atoms with van der Waals surface area (Å²) in [5.74, 6) is 2.18. The second-order valence-corrected chi connectivity index (χ2v) is 9.96. The number of quaternary nitrogens is 1. The van der Waals surface area contributed by atoms with Gasteiger partial charge in [0.05, 0.1) is 52.5 Å². The molecule has 0 amide bonds. The minimum absolute atomic E-state index is 0.139. The molecule has 0 bridgehead atoms. The number of benzene rings is 3. The van der Waals surface area contributed by atoms with Gasteiger partial charge in [-0.2, -0.15) is 0 Å². The lowest BCUT2D eigenvalue weighted by molar-refractivity contribution is -0.927. The number of aromatic nitrogens is 5. The van der Waals surface area contributed by atoms with Crippen LogP contribution in [0.2, 0.25) is 0 Å². The van der Waals surface area contributed by atoms with E-state index in [4.69, 9.17) is 9.47 Å². The van der Waals surface area contributed by atoms with Crippen molar-refractivity contribution < 1.29 is 14.4 Å². The van der Waals surface area contributed by atoms with Crippen molar-refractivity contribution in [1.82, 2.24) is 25.2 Å². The van der Waals surface area contributed by atoms with Crippen LogP contribution in [0, 0.1) is 0 Å². The van der Waals surface area contributed by atoms with E-state index in [1.807, 2.05) is 54.6 Å². The zero-order valence-corrected chi connectivity index (χ0v) is 22.6. The molecule has 10 heteroatoms. The van der Waals surface area contributed by atoms with Gasteiger partial charge in [0.1, 0.15) is 11.5 Å². The monoisotopic (exact) mass is 538 g/mol. The highest BCUT2D eigenvalue weighted by Crippen LogP contribution is 2.23. The average molecular weight is 539 g/mol. The maximum Gasteiger partial charge on any atom is 0.258 e. The van der Waals surface area contributed by atoms with Crippen molar-refractivity contribution in [2.24, 2.45) is 0 Å². The first kappa shape index (κ1) is 25.6. The molecule has 0 saturated carbocycles. The summed E-state index contributed by atoms with van der Waals surface area (Å²) in [4.78, 5) is 20.3. The molecular formula is C30H32N7O3+. The number of aromatic amines is 1. The number of piperazine rings is 1. The fourth-order valence-electron chi connectivity index (χ4n) is 5.50. The summed E-state index contributed by atoms with van der Waals surface area (Å²) in [5.41, 5.74) is 3.50. The normalized spacial score (nSPS) is 14.8. The molecule has 1 unspecified atom stereocenters. The minimum Gasteiger partial charge on any atom is -0.497 e. The van der Waals surface area contributed by atoms with Gasteiger partial charge in [-0.15, -0.1) is 5.10 Å². The molecule has 1 saturated heterocycles. The fourth-order valence-corrected chi connectivity index (χ4v) is 5.50. The van der Waals surface area contributed by atoms with Crippen molar-refractivity contribution in [3.8, 4) is 11.5 Å². The Bertz CT molecular complexity index is 1640. The van der Waals surface area contributed by atoms with Gasteiger partial charge in [-0.05, 0) is 64.5 Å². The lowest BCUT2D eigenvalue weighted by atomic mass is 10.0. The van der Waals surface area contributed by atoms with Crippen LogP contribution in [0.5, 0.6) is 11.5 Å². The number of fused-ring (bicyclic) bond motifs is 1. The van der Waals surface area contributed by atoms with Gasteiger partial charge in [-0.25, -0.2) is 4.68 Å². The van der Waals surface area contributed by atoms with Gasteiger partial charge in [0.15, 0.2) is 6.04 Å². The quantitative estimate of drug-likeness (QED) is 0.312. The van der Waals surface area contributed by atoms with Crippen LogP contribution in [-0.2, 0) is 6.54 Å². The lowest BCUT2D eigenvalue weighted by Crippen LogP contribution is -3.15.